The monoisotopic (exact) mass is 356 g/mol. The molecule has 0 radical (unpaired) electrons. The van der Waals surface area contributed by atoms with Gasteiger partial charge in [-0.1, -0.05) is 47.7 Å². The molecule has 2 aromatic carbocycles. The Morgan fingerprint density at radius 1 is 1.08 bits per heavy atom. The lowest BCUT2D eigenvalue weighted by atomic mass is 10.1. The lowest BCUT2D eigenvalue weighted by molar-refractivity contribution is 0.0600. The Labute approximate surface area is 147 Å². The third-order valence-corrected chi connectivity index (χ3v) is 4.16. The molecule has 7 heteroatoms. The van der Waals surface area contributed by atoms with Gasteiger partial charge in [-0.25, -0.2) is 9.78 Å². The van der Waals surface area contributed by atoms with Crippen LogP contribution < -0.4 is 5.32 Å². The van der Waals surface area contributed by atoms with E-state index < -0.39 is 17.0 Å². The van der Waals surface area contributed by atoms with Crippen molar-refractivity contribution in [2.75, 3.05) is 12.4 Å². The Bertz CT molecular complexity index is 925. The molecular formula is C18H13FN2O3S. The summed E-state index contributed by atoms with van der Waals surface area (Å²) in [6.45, 7) is 0. The number of benzene rings is 2. The molecule has 0 atom stereocenters. The van der Waals surface area contributed by atoms with Crippen LogP contribution in [0.4, 0.5) is 9.52 Å². The van der Waals surface area contributed by atoms with Gasteiger partial charge in [0, 0.05) is 11.1 Å². The minimum Gasteiger partial charge on any atom is -0.465 e. The molecule has 0 aliphatic carbocycles. The SMILES string of the molecule is COC(=O)c1cccc(C(=O)Nc2nc(-c3ccccc3)c(F)s2)c1. The number of anilines is 1. The first kappa shape index (κ1) is 16.8. The number of hydrogen-bond acceptors (Lipinski definition) is 5. The number of carbonyl (C=O) groups is 2. The van der Waals surface area contributed by atoms with E-state index in [4.69, 9.17) is 0 Å². The van der Waals surface area contributed by atoms with Gasteiger partial charge in [0.1, 0.15) is 5.69 Å². The van der Waals surface area contributed by atoms with E-state index in [1.54, 1.807) is 42.5 Å². The number of esters is 1. The predicted octanol–water partition coefficient (Wildman–Crippen LogP) is 3.99. The number of carbonyl (C=O) groups excluding carboxylic acids is 2. The second-order valence-corrected chi connectivity index (χ2v) is 5.98. The highest BCUT2D eigenvalue weighted by Crippen LogP contribution is 2.29. The van der Waals surface area contributed by atoms with E-state index in [-0.39, 0.29) is 22.0 Å². The van der Waals surface area contributed by atoms with Gasteiger partial charge in [-0.15, -0.1) is 0 Å². The molecule has 0 aliphatic rings. The molecule has 1 heterocycles. The Balaban J connectivity index is 1.81. The maximum atomic E-state index is 14.1. The molecule has 1 N–H and O–H groups in total. The summed E-state index contributed by atoms with van der Waals surface area (Å²) in [6.07, 6.45) is 0. The first-order valence-electron chi connectivity index (χ1n) is 7.30. The van der Waals surface area contributed by atoms with E-state index in [1.165, 1.54) is 13.2 Å². The average molecular weight is 356 g/mol. The van der Waals surface area contributed by atoms with E-state index in [2.05, 4.69) is 15.0 Å². The van der Waals surface area contributed by atoms with Crippen molar-refractivity contribution in [3.63, 3.8) is 0 Å². The van der Waals surface area contributed by atoms with Crippen molar-refractivity contribution < 1.29 is 18.7 Å². The topological polar surface area (TPSA) is 68.3 Å². The van der Waals surface area contributed by atoms with E-state index in [0.717, 1.165) is 11.3 Å². The number of ether oxygens (including phenoxy) is 1. The van der Waals surface area contributed by atoms with Gasteiger partial charge in [-0.3, -0.25) is 10.1 Å². The fraction of sp³-hybridized carbons (Fsp3) is 0.0556. The lowest BCUT2D eigenvalue weighted by Crippen LogP contribution is -2.13. The van der Waals surface area contributed by atoms with Gasteiger partial charge in [-0.2, -0.15) is 4.39 Å². The van der Waals surface area contributed by atoms with Crippen LogP contribution in [0.25, 0.3) is 11.3 Å². The molecule has 0 spiro atoms. The van der Waals surface area contributed by atoms with Gasteiger partial charge in [0.05, 0.1) is 12.7 Å². The van der Waals surface area contributed by atoms with Gasteiger partial charge in [-0.05, 0) is 18.2 Å². The van der Waals surface area contributed by atoms with Crippen LogP contribution in [-0.2, 0) is 4.74 Å². The first-order valence-corrected chi connectivity index (χ1v) is 8.11. The normalized spacial score (nSPS) is 10.3. The van der Waals surface area contributed by atoms with Gasteiger partial charge in [0.25, 0.3) is 5.91 Å². The fourth-order valence-electron chi connectivity index (χ4n) is 2.20. The molecule has 25 heavy (non-hydrogen) atoms. The minimum absolute atomic E-state index is 0.143. The number of methoxy groups -OCH3 is 1. The van der Waals surface area contributed by atoms with Gasteiger partial charge >= 0.3 is 5.97 Å². The van der Waals surface area contributed by atoms with Crippen molar-refractivity contribution in [3.05, 3.63) is 70.9 Å². The van der Waals surface area contributed by atoms with Crippen molar-refractivity contribution in [1.29, 1.82) is 0 Å². The summed E-state index contributed by atoms with van der Waals surface area (Å²) in [5.74, 6) is -1.03. The van der Waals surface area contributed by atoms with Crippen LogP contribution in [0.1, 0.15) is 20.7 Å². The summed E-state index contributed by atoms with van der Waals surface area (Å²) >= 11 is 0.746. The molecule has 0 saturated carbocycles. The molecule has 0 fully saturated rings. The first-order chi connectivity index (χ1) is 12.1. The third kappa shape index (κ3) is 3.72. The summed E-state index contributed by atoms with van der Waals surface area (Å²) < 4.78 is 18.7. The molecule has 0 unspecified atom stereocenters. The molecular weight excluding hydrogens is 343 g/mol. The molecule has 1 aromatic heterocycles. The van der Waals surface area contributed by atoms with E-state index in [1.807, 2.05) is 6.07 Å². The second-order valence-electron chi connectivity index (χ2n) is 5.03. The summed E-state index contributed by atoms with van der Waals surface area (Å²) in [4.78, 5) is 28.0. The number of hydrogen-bond donors (Lipinski definition) is 1. The number of nitrogens with zero attached hydrogens (tertiary/aromatic N) is 1. The highest BCUT2D eigenvalue weighted by molar-refractivity contribution is 7.14. The maximum absolute atomic E-state index is 14.1. The van der Waals surface area contributed by atoms with Gasteiger partial charge in [0.2, 0.25) is 5.13 Å². The van der Waals surface area contributed by atoms with Crippen LogP contribution in [0, 0.1) is 5.13 Å². The van der Waals surface area contributed by atoms with Crippen LogP contribution in [0.3, 0.4) is 0 Å². The van der Waals surface area contributed by atoms with Crippen molar-refractivity contribution in [2.24, 2.45) is 0 Å². The van der Waals surface area contributed by atoms with E-state index in [0.29, 0.717) is 5.56 Å². The van der Waals surface area contributed by atoms with Crippen LogP contribution >= 0.6 is 11.3 Å². The molecule has 5 nitrogen and oxygen atoms in total. The quantitative estimate of drug-likeness (QED) is 0.718. The predicted molar refractivity (Wildman–Crippen MR) is 93.2 cm³/mol. The van der Waals surface area contributed by atoms with Crippen molar-refractivity contribution in [1.82, 2.24) is 4.98 Å². The summed E-state index contributed by atoms with van der Waals surface area (Å²) in [5.41, 5.74) is 1.32. The van der Waals surface area contributed by atoms with Crippen LogP contribution in [0.5, 0.6) is 0 Å². The summed E-state index contributed by atoms with van der Waals surface area (Å²) in [7, 11) is 1.26. The van der Waals surface area contributed by atoms with Crippen molar-refractivity contribution >= 4 is 28.3 Å². The number of halogens is 1. The molecule has 3 aromatic rings. The van der Waals surface area contributed by atoms with E-state index >= 15 is 0 Å². The van der Waals surface area contributed by atoms with Crippen molar-refractivity contribution in [3.8, 4) is 11.3 Å². The molecule has 0 aliphatic heterocycles. The number of rotatable bonds is 4. The lowest BCUT2D eigenvalue weighted by Gasteiger charge is -2.04. The summed E-state index contributed by atoms with van der Waals surface area (Å²) in [6, 6.07) is 14.9. The molecule has 0 bridgehead atoms. The second kappa shape index (κ2) is 7.23. The van der Waals surface area contributed by atoms with Crippen molar-refractivity contribution in [2.45, 2.75) is 0 Å². The van der Waals surface area contributed by atoms with E-state index in [9.17, 15) is 14.0 Å². The molecule has 0 saturated heterocycles. The Hall–Kier alpha value is -3.06. The highest BCUT2D eigenvalue weighted by Gasteiger charge is 2.16. The zero-order chi connectivity index (χ0) is 17.8. The molecule has 126 valence electrons. The standard InChI is InChI=1S/C18H13FN2O3S/c1-24-17(23)13-9-5-8-12(10-13)16(22)21-18-20-14(15(19)25-18)11-6-3-2-4-7-11/h2-10H,1H3,(H,20,21,22). The molecule has 1 amide bonds. The summed E-state index contributed by atoms with van der Waals surface area (Å²) in [5, 5.41) is 2.21. The average Bonchev–Trinajstić information content (AvgIpc) is 3.02. The number of amides is 1. The molecule has 3 rings (SSSR count). The zero-order valence-electron chi connectivity index (χ0n) is 13.2. The number of nitrogens with one attached hydrogen (secondary N) is 1. The Morgan fingerprint density at radius 2 is 1.80 bits per heavy atom. The van der Waals surface area contributed by atoms with Crippen LogP contribution in [0.2, 0.25) is 0 Å². The smallest absolute Gasteiger partial charge is 0.337 e. The number of thiazole rings is 1. The zero-order valence-corrected chi connectivity index (χ0v) is 14.0. The fourth-order valence-corrected chi connectivity index (χ4v) is 2.91. The van der Waals surface area contributed by atoms with Gasteiger partial charge < -0.3 is 4.74 Å². The minimum atomic E-state index is -0.540. The maximum Gasteiger partial charge on any atom is 0.337 e. The Kier molecular flexibility index (Phi) is 4.85. The van der Waals surface area contributed by atoms with Crippen LogP contribution in [-0.4, -0.2) is 24.0 Å². The Morgan fingerprint density at radius 3 is 2.52 bits per heavy atom. The largest absolute Gasteiger partial charge is 0.465 e. The third-order valence-electron chi connectivity index (χ3n) is 3.40. The van der Waals surface area contributed by atoms with Gasteiger partial charge in [0.15, 0.2) is 5.13 Å². The number of aromatic nitrogens is 1. The highest BCUT2D eigenvalue weighted by atomic mass is 32.1. The van der Waals surface area contributed by atoms with Crippen LogP contribution in [0.15, 0.2) is 54.6 Å².